The van der Waals surface area contributed by atoms with Gasteiger partial charge in [-0.3, -0.25) is 9.69 Å². The first kappa shape index (κ1) is 26.9. The molecule has 6 nitrogen and oxygen atoms in total. The van der Waals surface area contributed by atoms with Crippen LogP contribution in [0.3, 0.4) is 0 Å². The van der Waals surface area contributed by atoms with Gasteiger partial charge in [-0.1, -0.05) is 54.1 Å². The molecule has 5 rings (SSSR count). The minimum atomic E-state index is -0.660. The lowest BCUT2D eigenvalue weighted by atomic mass is 9.90. The van der Waals surface area contributed by atoms with Crippen molar-refractivity contribution >= 4 is 17.7 Å². The molecule has 1 heterocycles. The van der Waals surface area contributed by atoms with Crippen molar-refractivity contribution in [1.82, 2.24) is 5.32 Å². The third kappa shape index (κ3) is 5.71. The van der Waals surface area contributed by atoms with Crippen molar-refractivity contribution in [2.45, 2.75) is 65.0 Å². The van der Waals surface area contributed by atoms with Crippen molar-refractivity contribution in [2.24, 2.45) is 11.7 Å². The van der Waals surface area contributed by atoms with Crippen LogP contribution in [0, 0.1) is 26.7 Å². The molecule has 0 fully saturated rings. The Labute approximate surface area is 231 Å². The van der Waals surface area contributed by atoms with E-state index in [1.54, 1.807) is 4.90 Å². The van der Waals surface area contributed by atoms with Gasteiger partial charge in [-0.05, 0) is 104 Å². The Morgan fingerprint density at radius 3 is 2.33 bits per heavy atom. The number of benzene rings is 3. The second kappa shape index (κ2) is 11.2. The number of rotatable bonds is 6. The van der Waals surface area contributed by atoms with E-state index in [4.69, 9.17) is 10.5 Å². The highest BCUT2D eigenvalue weighted by molar-refractivity contribution is 5.90. The third-order valence-electron chi connectivity index (χ3n) is 8.37. The summed E-state index contributed by atoms with van der Waals surface area (Å²) < 4.78 is 5.05. The van der Waals surface area contributed by atoms with E-state index in [-0.39, 0.29) is 18.0 Å². The third-order valence-corrected chi connectivity index (χ3v) is 8.37. The molecule has 39 heavy (non-hydrogen) atoms. The summed E-state index contributed by atoms with van der Waals surface area (Å²) in [7, 11) is 1.40. The Morgan fingerprint density at radius 1 is 1.03 bits per heavy atom. The molecule has 2 unspecified atom stereocenters. The van der Waals surface area contributed by atoms with E-state index < -0.39 is 6.04 Å². The summed E-state index contributed by atoms with van der Waals surface area (Å²) >= 11 is 0. The Kier molecular flexibility index (Phi) is 7.76. The molecule has 3 aromatic carbocycles. The van der Waals surface area contributed by atoms with Crippen molar-refractivity contribution in [3.8, 4) is 0 Å². The van der Waals surface area contributed by atoms with Crippen LogP contribution < -0.4 is 16.0 Å². The SMILES string of the molecule is COC(=O)N1CCC(NC(=O)C(N)Cc2c(C)cc(C)cc2C)c2cc(CC3Cc4ccccc4C3)ccc21. The zero-order chi connectivity index (χ0) is 27.7. The number of nitrogens with two attached hydrogens (primary N) is 1. The molecule has 0 saturated carbocycles. The largest absolute Gasteiger partial charge is 0.452 e. The van der Waals surface area contributed by atoms with Gasteiger partial charge in [-0.2, -0.15) is 0 Å². The van der Waals surface area contributed by atoms with E-state index in [0.29, 0.717) is 25.3 Å². The van der Waals surface area contributed by atoms with Crippen LogP contribution in [-0.2, 0) is 35.2 Å². The van der Waals surface area contributed by atoms with E-state index in [0.717, 1.165) is 47.2 Å². The quantitative estimate of drug-likeness (QED) is 0.459. The lowest BCUT2D eigenvalue weighted by Gasteiger charge is -2.34. The molecule has 1 aliphatic heterocycles. The standard InChI is InChI=1S/C33H39N3O3/c1-20-13-21(2)27(22(3)14-20)19-29(34)32(37)35-30-11-12-36(33(38)39-4)31-10-9-23(18-28(30)31)15-24-16-25-7-5-6-8-26(25)17-24/h5-10,13-14,18,24,29-30H,11-12,15-17,19,34H2,1-4H3,(H,35,37). The maximum Gasteiger partial charge on any atom is 0.414 e. The molecule has 0 radical (unpaired) electrons. The van der Waals surface area contributed by atoms with Crippen LogP contribution in [0.2, 0.25) is 0 Å². The van der Waals surface area contributed by atoms with Crippen LogP contribution >= 0.6 is 0 Å². The van der Waals surface area contributed by atoms with Gasteiger partial charge >= 0.3 is 6.09 Å². The van der Waals surface area contributed by atoms with Crippen molar-refractivity contribution in [2.75, 3.05) is 18.6 Å². The first-order chi connectivity index (χ1) is 18.7. The van der Waals surface area contributed by atoms with E-state index in [1.165, 1.54) is 29.4 Å². The summed E-state index contributed by atoms with van der Waals surface area (Å²) in [6, 6.07) is 18.3. The molecular formula is C33H39N3O3. The van der Waals surface area contributed by atoms with Crippen LogP contribution in [0.25, 0.3) is 0 Å². The van der Waals surface area contributed by atoms with Crippen LogP contribution in [-0.4, -0.2) is 31.7 Å². The molecule has 6 heteroatoms. The first-order valence-electron chi connectivity index (χ1n) is 13.9. The summed E-state index contributed by atoms with van der Waals surface area (Å²) in [6.45, 7) is 6.69. The molecule has 2 atom stereocenters. The van der Waals surface area contributed by atoms with Crippen LogP contribution in [0.4, 0.5) is 10.5 Å². The summed E-state index contributed by atoms with van der Waals surface area (Å²) in [5.41, 5.74) is 16.9. The van der Waals surface area contributed by atoms with Gasteiger partial charge < -0.3 is 15.8 Å². The van der Waals surface area contributed by atoms with E-state index in [9.17, 15) is 9.59 Å². The molecule has 0 bridgehead atoms. The van der Waals surface area contributed by atoms with E-state index in [1.807, 2.05) is 6.07 Å². The summed E-state index contributed by atoms with van der Waals surface area (Å²) in [6.07, 6.45) is 3.80. The number of hydrogen-bond acceptors (Lipinski definition) is 4. The van der Waals surface area contributed by atoms with Crippen molar-refractivity contribution < 1.29 is 14.3 Å². The number of nitrogens with one attached hydrogen (secondary N) is 1. The minimum Gasteiger partial charge on any atom is -0.452 e. The zero-order valence-corrected chi connectivity index (χ0v) is 23.4. The van der Waals surface area contributed by atoms with E-state index >= 15 is 0 Å². The van der Waals surface area contributed by atoms with Crippen LogP contribution in [0.1, 0.15) is 57.0 Å². The molecule has 3 aromatic rings. The van der Waals surface area contributed by atoms with Crippen molar-refractivity contribution in [3.05, 3.63) is 99.1 Å². The topological polar surface area (TPSA) is 84.7 Å². The van der Waals surface area contributed by atoms with Gasteiger partial charge in [0.1, 0.15) is 0 Å². The molecular weight excluding hydrogens is 486 g/mol. The van der Waals surface area contributed by atoms with Gasteiger partial charge in [0.05, 0.1) is 24.9 Å². The maximum absolute atomic E-state index is 13.3. The summed E-state index contributed by atoms with van der Waals surface area (Å²) in [5, 5.41) is 3.22. The molecule has 2 amide bonds. The Morgan fingerprint density at radius 2 is 1.69 bits per heavy atom. The van der Waals surface area contributed by atoms with Gasteiger partial charge in [0.25, 0.3) is 0 Å². The Balaban J connectivity index is 1.35. The summed E-state index contributed by atoms with van der Waals surface area (Å²) in [4.78, 5) is 27.5. The molecule has 204 valence electrons. The second-order valence-corrected chi connectivity index (χ2v) is 11.3. The summed E-state index contributed by atoms with van der Waals surface area (Å²) in [5.74, 6) is 0.372. The number of carbonyl (C=O) groups is 2. The number of ether oxygens (including phenoxy) is 1. The lowest BCUT2D eigenvalue weighted by molar-refractivity contribution is -0.123. The smallest absolute Gasteiger partial charge is 0.414 e. The number of anilines is 1. The second-order valence-electron chi connectivity index (χ2n) is 11.3. The average molecular weight is 526 g/mol. The zero-order valence-electron chi connectivity index (χ0n) is 23.4. The van der Waals surface area contributed by atoms with Gasteiger partial charge in [0, 0.05) is 6.54 Å². The van der Waals surface area contributed by atoms with Gasteiger partial charge in [-0.15, -0.1) is 0 Å². The van der Waals surface area contributed by atoms with Gasteiger partial charge in [0.15, 0.2) is 0 Å². The highest BCUT2D eigenvalue weighted by Crippen LogP contribution is 2.37. The van der Waals surface area contributed by atoms with Gasteiger partial charge in [-0.25, -0.2) is 4.79 Å². The first-order valence-corrected chi connectivity index (χ1v) is 13.9. The predicted octanol–water partition coefficient (Wildman–Crippen LogP) is 5.27. The molecule has 3 N–H and O–H groups in total. The number of amides is 2. The van der Waals surface area contributed by atoms with Crippen LogP contribution in [0.5, 0.6) is 0 Å². The van der Waals surface area contributed by atoms with Gasteiger partial charge in [0.2, 0.25) is 5.91 Å². The number of fused-ring (bicyclic) bond motifs is 2. The monoisotopic (exact) mass is 525 g/mol. The lowest BCUT2D eigenvalue weighted by Crippen LogP contribution is -2.46. The molecule has 0 saturated heterocycles. The van der Waals surface area contributed by atoms with Crippen molar-refractivity contribution in [3.63, 3.8) is 0 Å². The minimum absolute atomic E-state index is 0.173. The normalized spacial score (nSPS) is 17.4. The molecule has 2 aliphatic rings. The fourth-order valence-electron chi connectivity index (χ4n) is 6.49. The Hall–Kier alpha value is -3.64. The fraction of sp³-hybridized carbons (Fsp3) is 0.394. The van der Waals surface area contributed by atoms with Crippen molar-refractivity contribution in [1.29, 1.82) is 0 Å². The number of nitrogens with zero attached hydrogens (tertiary/aromatic N) is 1. The average Bonchev–Trinajstić information content (AvgIpc) is 3.32. The Bertz CT molecular complexity index is 1350. The maximum atomic E-state index is 13.3. The highest BCUT2D eigenvalue weighted by Gasteiger charge is 2.32. The molecule has 1 aliphatic carbocycles. The number of aryl methyl sites for hydroxylation is 3. The predicted molar refractivity (Wildman–Crippen MR) is 155 cm³/mol. The molecule has 0 spiro atoms. The highest BCUT2D eigenvalue weighted by atomic mass is 16.5. The number of methoxy groups -OCH3 is 1. The number of hydrogen-bond donors (Lipinski definition) is 2. The van der Waals surface area contributed by atoms with Crippen LogP contribution in [0.15, 0.2) is 54.6 Å². The van der Waals surface area contributed by atoms with E-state index in [2.05, 4.69) is 74.6 Å². The molecule has 0 aromatic heterocycles. The fourth-order valence-corrected chi connectivity index (χ4v) is 6.49. The number of carbonyl (C=O) groups excluding carboxylic acids is 2.